The Morgan fingerprint density at radius 2 is 1.79 bits per heavy atom. The molecule has 2 heterocycles. The van der Waals surface area contributed by atoms with Crippen LogP contribution in [-0.4, -0.2) is 9.97 Å². The van der Waals surface area contributed by atoms with Gasteiger partial charge < -0.3 is 5.32 Å². The Labute approximate surface area is 176 Å². The van der Waals surface area contributed by atoms with E-state index in [1.54, 1.807) is 11.3 Å². The first-order valence-electron chi connectivity index (χ1n) is 10.0. The quantitative estimate of drug-likeness (QED) is 0.374. The molecule has 0 aliphatic carbocycles. The summed E-state index contributed by atoms with van der Waals surface area (Å²) < 4.78 is 0. The number of rotatable bonds is 7. The lowest BCUT2D eigenvalue weighted by Crippen LogP contribution is -2.01. The summed E-state index contributed by atoms with van der Waals surface area (Å²) in [6.07, 6.45) is 3.98. The summed E-state index contributed by atoms with van der Waals surface area (Å²) in [5.74, 6) is 0.881. The smallest absolute Gasteiger partial charge is 0.126 e. The molecule has 4 heteroatoms. The van der Waals surface area contributed by atoms with Gasteiger partial charge in [-0.2, -0.15) is 0 Å². The zero-order chi connectivity index (χ0) is 20.1. The molecule has 3 nitrogen and oxygen atoms in total. The van der Waals surface area contributed by atoms with E-state index in [1.165, 1.54) is 26.6 Å². The third-order valence-corrected chi connectivity index (χ3v) is 5.93. The molecule has 1 N–H and O–H groups in total. The Morgan fingerprint density at radius 3 is 2.59 bits per heavy atom. The molecule has 4 rings (SSSR count). The van der Waals surface area contributed by atoms with Crippen molar-refractivity contribution in [2.45, 2.75) is 33.2 Å². The van der Waals surface area contributed by atoms with Crippen molar-refractivity contribution >= 4 is 17.2 Å². The molecule has 2 aromatic heterocycles. The SMILES string of the molecule is CCCc1nc(-c2cccc(C)c2)c(-c2ccnc(NCc3ccccc3)c2)s1. The molecule has 0 aliphatic heterocycles. The van der Waals surface area contributed by atoms with Crippen LogP contribution < -0.4 is 5.32 Å². The number of hydrogen-bond acceptors (Lipinski definition) is 4. The van der Waals surface area contributed by atoms with Gasteiger partial charge in [0.05, 0.1) is 15.6 Å². The largest absolute Gasteiger partial charge is 0.366 e. The number of nitrogens with one attached hydrogen (secondary N) is 1. The van der Waals surface area contributed by atoms with Crippen molar-refractivity contribution in [1.82, 2.24) is 9.97 Å². The van der Waals surface area contributed by atoms with Gasteiger partial charge in [0.15, 0.2) is 0 Å². The van der Waals surface area contributed by atoms with Gasteiger partial charge in [-0.15, -0.1) is 11.3 Å². The maximum absolute atomic E-state index is 4.99. The van der Waals surface area contributed by atoms with Crippen molar-refractivity contribution in [2.75, 3.05) is 5.32 Å². The van der Waals surface area contributed by atoms with Gasteiger partial charge in [-0.3, -0.25) is 0 Å². The van der Waals surface area contributed by atoms with Crippen LogP contribution in [0.5, 0.6) is 0 Å². The van der Waals surface area contributed by atoms with Crippen LogP contribution in [0.2, 0.25) is 0 Å². The van der Waals surface area contributed by atoms with E-state index in [9.17, 15) is 0 Å². The van der Waals surface area contributed by atoms with Crippen LogP contribution in [0.25, 0.3) is 21.7 Å². The van der Waals surface area contributed by atoms with Crippen LogP contribution in [0.4, 0.5) is 5.82 Å². The summed E-state index contributed by atoms with van der Waals surface area (Å²) in [5.41, 5.74) is 5.89. The second-order valence-electron chi connectivity index (χ2n) is 7.17. The van der Waals surface area contributed by atoms with Gasteiger partial charge in [-0.1, -0.05) is 61.0 Å². The first kappa shape index (κ1) is 19.3. The van der Waals surface area contributed by atoms with Crippen LogP contribution in [0.15, 0.2) is 72.9 Å². The fourth-order valence-electron chi connectivity index (χ4n) is 3.33. The van der Waals surface area contributed by atoms with E-state index >= 15 is 0 Å². The maximum atomic E-state index is 4.99. The number of aromatic nitrogens is 2. The average molecular weight is 400 g/mol. The lowest BCUT2D eigenvalue weighted by atomic mass is 10.1. The van der Waals surface area contributed by atoms with Crippen LogP contribution in [0.3, 0.4) is 0 Å². The molecule has 0 saturated carbocycles. The third kappa shape index (κ3) is 4.72. The molecule has 0 radical (unpaired) electrons. The monoisotopic (exact) mass is 399 g/mol. The van der Waals surface area contributed by atoms with E-state index in [2.05, 4.69) is 84.8 Å². The van der Waals surface area contributed by atoms with E-state index < -0.39 is 0 Å². The average Bonchev–Trinajstić information content (AvgIpc) is 3.18. The van der Waals surface area contributed by atoms with Gasteiger partial charge >= 0.3 is 0 Å². The fourth-order valence-corrected chi connectivity index (χ4v) is 4.51. The van der Waals surface area contributed by atoms with Crippen LogP contribution in [-0.2, 0) is 13.0 Å². The number of aryl methyl sites for hydroxylation is 2. The first-order chi connectivity index (χ1) is 14.2. The standard InChI is InChI=1S/C25H25N3S/c1-3-8-23-28-24(20-12-7-9-18(2)15-20)25(29-23)21-13-14-26-22(16-21)27-17-19-10-5-4-6-11-19/h4-7,9-16H,3,8,17H2,1-2H3,(H,26,27). The highest BCUT2D eigenvalue weighted by Gasteiger charge is 2.15. The van der Waals surface area contributed by atoms with Gasteiger partial charge in [0.1, 0.15) is 5.82 Å². The number of nitrogens with zero attached hydrogens (tertiary/aromatic N) is 2. The number of pyridine rings is 1. The second-order valence-corrected chi connectivity index (χ2v) is 8.26. The van der Waals surface area contributed by atoms with Gasteiger partial charge in [-0.25, -0.2) is 9.97 Å². The maximum Gasteiger partial charge on any atom is 0.126 e. The Balaban J connectivity index is 1.67. The minimum absolute atomic E-state index is 0.756. The molecule has 29 heavy (non-hydrogen) atoms. The van der Waals surface area contributed by atoms with Crippen molar-refractivity contribution < 1.29 is 0 Å². The van der Waals surface area contributed by atoms with Gasteiger partial charge in [0.2, 0.25) is 0 Å². The molecule has 0 bridgehead atoms. The Morgan fingerprint density at radius 1 is 0.931 bits per heavy atom. The zero-order valence-electron chi connectivity index (χ0n) is 16.9. The molecule has 0 fully saturated rings. The molecule has 2 aromatic carbocycles. The summed E-state index contributed by atoms with van der Waals surface area (Å²) >= 11 is 1.79. The highest BCUT2D eigenvalue weighted by molar-refractivity contribution is 7.15. The molecule has 0 saturated heterocycles. The minimum atomic E-state index is 0.756. The van der Waals surface area contributed by atoms with E-state index in [-0.39, 0.29) is 0 Å². The Bertz CT molecular complexity index is 1090. The third-order valence-electron chi connectivity index (χ3n) is 4.77. The second kappa shape index (κ2) is 9.01. The molecular formula is C25H25N3S. The number of hydrogen-bond donors (Lipinski definition) is 1. The molecule has 0 aliphatic rings. The van der Waals surface area contributed by atoms with Crippen molar-refractivity contribution in [3.05, 3.63) is 89.1 Å². The first-order valence-corrected chi connectivity index (χ1v) is 10.9. The lowest BCUT2D eigenvalue weighted by molar-refractivity contribution is 0.910. The molecule has 0 amide bonds. The molecule has 0 spiro atoms. The lowest BCUT2D eigenvalue weighted by Gasteiger charge is -2.08. The summed E-state index contributed by atoms with van der Waals surface area (Å²) in [6.45, 7) is 5.08. The molecule has 146 valence electrons. The summed E-state index contributed by atoms with van der Waals surface area (Å²) in [4.78, 5) is 10.7. The van der Waals surface area contributed by atoms with Crippen molar-refractivity contribution in [2.24, 2.45) is 0 Å². The predicted molar refractivity (Wildman–Crippen MR) is 123 cm³/mol. The fraction of sp³-hybridized carbons (Fsp3) is 0.200. The van der Waals surface area contributed by atoms with E-state index in [1.807, 2.05) is 12.3 Å². The summed E-state index contributed by atoms with van der Waals surface area (Å²) in [5, 5.41) is 4.63. The highest BCUT2D eigenvalue weighted by atomic mass is 32.1. The number of anilines is 1. The number of benzene rings is 2. The molecular weight excluding hydrogens is 374 g/mol. The van der Waals surface area contributed by atoms with Gasteiger partial charge in [0, 0.05) is 18.3 Å². The van der Waals surface area contributed by atoms with E-state index in [0.717, 1.165) is 36.5 Å². The predicted octanol–water partition coefficient (Wildman–Crippen LogP) is 6.75. The molecule has 4 aromatic rings. The normalized spacial score (nSPS) is 10.8. The Hall–Kier alpha value is -2.98. The van der Waals surface area contributed by atoms with E-state index in [4.69, 9.17) is 4.98 Å². The van der Waals surface area contributed by atoms with Crippen molar-refractivity contribution in [3.63, 3.8) is 0 Å². The summed E-state index contributed by atoms with van der Waals surface area (Å²) in [6, 6.07) is 23.2. The Kier molecular flexibility index (Phi) is 6.01. The zero-order valence-corrected chi connectivity index (χ0v) is 17.7. The van der Waals surface area contributed by atoms with Crippen LogP contribution in [0, 0.1) is 6.92 Å². The van der Waals surface area contributed by atoms with Crippen LogP contribution >= 0.6 is 11.3 Å². The van der Waals surface area contributed by atoms with Crippen molar-refractivity contribution in [3.8, 4) is 21.7 Å². The summed E-state index contributed by atoms with van der Waals surface area (Å²) in [7, 11) is 0. The topological polar surface area (TPSA) is 37.8 Å². The van der Waals surface area contributed by atoms with E-state index in [0.29, 0.717) is 0 Å². The van der Waals surface area contributed by atoms with Crippen LogP contribution in [0.1, 0.15) is 29.5 Å². The van der Waals surface area contributed by atoms with Crippen molar-refractivity contribution in [1.29, 1.82) is 0 Å². The number of thiazole rings is 1. The molecule has 0 atom stereocenters. The van der Waals surface area contributed by atoms with Gasteiger partial charge in [-0.05, 0) is 49.1 Å². The highest BCUT2D eigenvalue weighted by Crippen LogP contribution is 2.38. The molecule has 0 unspecified atom stereocenters. The minimum Gasteiger partial charge on any atom is -0.366 e. The van der Waals surface area contributed by atoms with Gasteiger partial charge in [0.25, 0.3) is 0 Å².